The highest BCUT2D eigenvalue weighted by atomic mass is 19.4. The number of aromatic nitrogens is 4. The van der Waals surface area contributed by atoms with Crippen molar-refractivity contribution in [2.24, 2.45) is 5.73 Å². The quantitative estimate of drug-likeness (QED) is 0.858. The first-order chi connectivity index (χ1) is 8.02. The van der Waals surface area contributed by atoms with E-state index in [4.69, 9.17) is 5.73 Å². The molecular weight excluding hydrogens is 235 g/mol. The summed E-state index contributed by atoms with van der Waals surface area (Å²) in [6, 6.07) is 2.45. The van der Waals surface area contributed by atoms with E-state index in [2.05, 4.69) is 15.3 Å². The van der Waals surface area contributed by atoms with E-state index in [9.17, 15) is 13.2 Å². The first-order valence-corrected chi connectivity index (χ1v) is 4.66. The molecule has 0 bridgehead atoms. The summed E-state index contributed by atoms with van der Waals surface area (Å²) in [5.41, 5.74) is 5.04. The molecule has 0 radical (unpaired) electrons. The summed E-state index contributed by atoms with van der Waals surface area (Å²) in [7, 11) is 0. The Hall–Kier alpha value is -1.96. The van der Waals surface area contributed by atoms with Crippen molar-refractivity contribution in [3.05, 3.63) is 35.8 Å². The molecule has 0 saturated carbocycles. The number of nitrogens with two attached hydrogens (primary N) is 1. The fourth-order valence-electron chi connectivity index (χ4n) is 1.30. The summed E-state index contributed by atoms with van der Waals surface area (Å²) in [5.74, 6) is 0.200. The molecule has 0 aliphatic rings. The fourth-order valence-corrected chi connectivity index (χ4v) is 1.30. The number of hydrogen-bond acceptors (Lipinski definition) is 4. The summed E-state index contributed by atoms with van der Waals surface area (Å²) in [6.07, 6.45) is -1.89. The topological polar surface area (TPSA) is 69.6 Å². The predicted octanol–water partition coefficient (Wildman–Crippen LogP) is 1.14. The Morgan fingerprint density at radius 1 is 1.29 bits per heavy atom. The van der Waals surface area contributed by atoms with Crippen LogP contribution in [0.25, 0.3) is 5.82 Å². The number of nitrogens with zero attached hydrogens (tertiary/aromatic N) is 4. The van der Waals surface area contributed by atoms with Crippen molar-refractivity contribution in [2.75, 3.05) is 0 Å². The molecule has 2 aromatic rings. The molecule has 0 amide bonds. The number of halogens is 3. The summed E-state index contributed by atoms with van der Waals surface area (Å²) >= 11 is 0. The van der Waals surface area contributed by atoms with Crippen LogP contribution in [0, 0.1) is 0 Å². The SMILES string of the molecule is NCc1ccnnc1-n1ccc(C(F)(F)F)n1. The summed E-state index contributed by atoms with van der Waals surface area (Å²) in [4.78, 5) is 0. The smallest absolute Gasteiger partial charge is 0.326 e. The third-order valence-electron chi connectivity index (χ3n) is 2.10. The normalized spacial score (nSPS) is 11.8. The van der Waals surface area contributed by atoms with Gasteiger partial charge in [0.25, 0.3) is 0 Å². The van der Waals surface area contributed by atoms with Gasteiger partial charge in [-0.2, -0.15) is 23.4 Å². The van der Waals surface area contributed by atoms with E-state index in [0.717, 1.165) is 10.7 Å². The second kappa shape index (κ2) is 4.13. The van der Waals surface area contributed by atoms with Gasteiger partial charge in [-0.3, -0.25) is 0 Å². The highest BCUT2D eigenvalue weighted by Crippen LogP contribution is 2.27. The van der Waals surface area contributed by atoms with Crippen LogP contribution in [0.4, 0.5) is 13.2 Å². The van der Waals surface area contributed by atoms with Crippen molar-refractivity contribution in [3.8, 4) is 5.82 Å². The zero-order chi connectivity index (χ0) is 12.5. The molecule has 2 heterocycles. The Bertz CT molecular complexity index is 519. The maximum atomic E-state index is 12.4. The van der Waals surface area contributed by atoms with Crippen LogP contribution < -0.4 is 5.73 Å². The lowest BCUT2D eigenvalue weighted by atomic mass is 10.3. The molecule has 0 spiro atoms. The first-order valence-electron chi connectivity index (χ1n) is 4.66. The van der Waals surface area contributed by atoms with Crippen LogP contribution >= 0.6 is 0 Å². The van der Waals surface area contributed by atoms with Crippen molar-refractivity contribution in [1.29, 1.82) is 0 Å². The monoisotopic (exact) mass is 243 g/mol. The van der Waals surface area contributed by atoms with Crippen LogP contribution in [0.3, 0.4) is 0 Å². The largest absolute Gasteiger partial charge is 0.435 e. The van der Waals surface area contributed by atoms with E-state index in [-0.39, 0.29) is 12.4 Å². The van der Waals surface area contributed by atoms with Crippen molar-refractivity contribution >= 4 is 0 Å². The van der Waals surface area contributed by atoms with Crippen molar-refractivity contribution in [3.63, 3.8) is 0 Å². The molecule has 0 aliphatic heterocycles. The van der Waals surface area contributed by atoms with E-state index >= 15 is 0 Å². The highest BCUT2D eigenvalue weighted by Gasteiger charge is 2.33. The third-order valence-corrected chi connectivity index (χ3v) is 2.10. The maximum absolute atomic E-state index is 12.4. The van der Waals surface area contributed by atoms with Gasteiger partial charge in [-0.15, -0.1) is 5.10 Å². The van der Waals surface area contributed by atoms with E-state index in [1.54, 1.807) is 6.07 Å². The van der Waals surface area contributed by atoms with E-state index < -0.39 is 11.9 Å². The molecule has 0 atom stereocenters. The van der Waals surface area contributed by atoms with Crippen LogP contribution in [0.5, 0.6) is 0 Å². The Kier molecular flexibility index (Phi) is 2.80. The zero-order valence-corrected chi connectivity index (χ0v) is 8.52. The van der Waals surface area contributed by atoms with Gasteiger partial charge in [0, 0.05) is 18.3 Å². The van der Waals surface area contributed by atoms with Gasteiger partial charge in [0.2, 0.25) is 0 Å². The zero-order valence-electron chi connectivity index (χ0n) is 8.52. The fraction of sp³-hybridized carbons (Fsp3) is 0.222. The van der Waals surface area contributed by atoms with Crippen molar-refractivity contribution < 1.29 is 13.2 Å². The number of hydrogen-bond donors (Lipinski definition) is 1. The Morgan fingerprint density at radius 3 is 2.65 bits per heavy atom. The van der Waals surface area contributed by atoms with E-state index in [0.29, 0.717) is 5.56 Å². The van der Waals surface area contributed by atoms with Crippen LogP contribution in [-0.4, -0.2) is 20.0 Å². The van der Waals surface area contributed by atoms with Crippen LogP contribution in [-0.2, 0) is 12.7 Å². The molecule has 90 valence electrons. The van der Waals surface area contributed by atoms with Gasteiger partial charge in [-0.05, 0) is 12.1 Å². The van der Waals surface area contributed by atoms with E-state index in [1.807, 2.05) is 0 Å². The van der Waals surface area contributed by atoms with Gasteiger partial charge < -0.3 is 5.73 Å². The Morgan fingerprint density at radius 2 is 2.06 bits per heavy atom. The molecule has 0 unspecified atom stereocenters. The second-order valence-electron chi connectivity index (χ2n) is 3.23. The molecule has 0 aliphatic carbocycles. The van der Waals surface area contributed by atoms with Gasteiger partial charge in [0.15, 0.2) is 11.5 Å². The predicted molar refractivity (Wildman–Crippen MR) is 52.0 cm³/mol. The highest BCUT2D eigenvalue weighted by molar-refractivity contribution is 5.31. The summed E-state index contributed by atoms with van der Waals surface area (Å²) in [6.45, 7) is 0.145. The second-order valence-corrected chi connectivity index (χ2v) is 3.23. The molecule has 2 aromatic heterocycles. The molecule has 2 rings (SSSR count). The molecule has 17 heavy (non-hydrogen) atoms. The average molecular weight is 243 g/mol. The minimum Gasteiger partial charge on any atom is -0.326 e. The molecule has 0 aromatic carbocycles. The van der Waals surface area contributed by atoms with Crippen LogP contribution in [0.2, 0.25) is 0 Å². The van der Waals surface area contributed by atoms with Crippen molar-refractivity contribution in [1.82, 2.24) is 20.0 Å². The summed E-state index contributed by atoms with van der Waals surface area (Å²) in [5, 5.41) is 10.7. The molecule has 0 saturated heterocycles. The van der Waals surface area contributed by atoms with Gasteiger partial charge in [-0.25, -0.2) is 4.68 Å². The number of rotatable bonds is 2. The molecule has 2 N–H and O–H groups in total. The Balaban J connectivity index is 2.44. The van der Waals surface area contributed by atoms with Crippen molar-refractivity contribution in [2.45, 2.75) is 12.7 Å². The van der Waals surface area contributed by atoms with Gasteiger partial charge in [-0.1, -0.05) is 0 Å². The maximum Gasteiger partial charge on any atom is 0.435 e. The summed E-state index contributed by atoms with van der Waals surface area (Å²) < 4.78 is 38.1. The average Bonchev–Trinajstić information content (AvgIpc) is 2.77. The molecule has 5 nitrogen and oxygen atoms in total. The van der Waals surface area contributed by atoms with Gasteiger partial charge in [0.05, 0.1) is 6.20 Å². The molecular formula is C9H8F3N5. The molecule has 0 fully saturated rings. The lowest BCUT2D eigenvalue weighted by molar-refractivity contribution is -0.141. The number of alkyl halides is 3. The van der Waals surface area contributed by atoms with Crippen LogP contribution in [0.15, 0.2) is 24.5 Å². The third kappa shape index (κ3) is 2.26. The van der Waals surface area contributed by atoms with E-state index in [1.165, 1.54) is 12.4 Å². The van der Waals surface area contributed by atoms with Crippen LogP contribution in [0.1, 0.15) is 11.3 Å². The minimum atomic E-state index is -4.48. The lowest BCUT2D eigenvalue weighted by Crippen LogP contribution is -2.11. The minimum absolute atomic E-state index is 0.145. The first kappa shape index (κ1) is 11.5. The lowest BCUT2D eigenvalue weighted by Gasteiger charge is -2.05. The van der Waals surface area contributed by atoms with Gasteiger partial charge in [0.1, 0.15) is 0 Å². The van der Waals surface area contributed by atoms with Gasteiger partial charge >= 0.3 is 6.18 Å². The standard InChI is InChI=1S/C9H8F3N5/c10-9(11,12)7-2-4-17(16-7)8-6(5-13)1-3-14-15-8/h1-4H,5,13H2. The Labute approximate surface area is 94.1 Å². The molecule has 8 heteroatoms.